The fourth-order valence-electron chi connectivity index (χ4n) is 2.72. The van der Waals surface area contributed by atoms with Crippen molar-refractivity contribution in [2.24, 2.45) is 5.92 Å². The lowest BCUT2D eigenvalue weighted by Gasteiger charge is -2.34. The summed E-state index contributed by atoms with van der Waals surface area (Å²) in [4.78, 5) is 0. The minimum absolute atomic E-state index is 0.147. The summed E-state index contributed by atoms with van der Waals surface area (Å²) in [6.45, 7) is 3.90. The third kappa shape index (κ3) is 3.11. The predicted molar refractivity (Wildman–Crippen MR) is 76.4 cm³/mol. The number of hydrogen-bond acceptors (Lipinski definition) is 1. The molecule has 1 aromatic carbocycles. The second-order valence-corrected chi connectivity index (χ2v) is 5.15. The lowest BCUT2D eigenvalue weighted by atomic mass is 9.77. The maximum atomic E-state index is 10.7. The van der Waals surface area contributed by atoms with Crippen LogP contribution in [-0.2, 0) is 6.42 Å². The van der Waals surface area contributed by atoms with E-state index in [1.54, 1.807) is 0 Å². The summed E-state index contributed by atoms with van der Waals surface area (Å²) in [6, 6.07) is 10.4. The molecular weight excluding hydrogens is 220 g/mol. The Labute approximate surface area is 110 Å². The van der Waals surface area contributed by atoms with Crippen molar-refractivity contribution >= 4 is 0 Å². The standard InChI is InChI=1S/C17H22O/c1-2-16(17(18)13-7-4-8-14-17)12-11-15-9-5-3-6-10-15/h2-3,5-7,9-10,13,16,18H,1,4,8,11-12,14H2/t16-,17-/m1/s1. The topological polar surface area (TPSA) is 20.2 Å². The summed E-state index contributed by atoms with van der Waals surface area (Å²) >= 11 is 0. The molecule has 1 heteroatoms. The lowest BCUT2D eigenvalue weighted by molar-refractivity contribution is 0.0301. The first kappa shape index (κ1) is 13.1. The van der Waals surface area contributed by atoms with Crippen LogP contribution in [0.3, 0.4) is 0 Å². The average Bonchev–Trinajstić information content (AvgIpc) is 2.41. The van der Waals surface area contributed by atoms with E-state index in [0.717, 1.165) is 32.1 Å². The van der Waals surface area contributed by atoms with Crippen molar-refractivity contribution < 1.29 is 5.11 Å². The Balaban J connectivity index is 1.99. The minimum atomic E-state index is -0.672. The third-order valence-electron chi connectivity index (χ3n) is 3.87. The van der Waals surface area contributed by atoms with Crippen molar-refractivity contribution in [3.8, 4) is 0 Å². The van der Waals surface area contributed by atoms with E-state index in [4.69, 9.17) is 0 Å². The number of hydrogen-bond donors (Lipinski definition) is 1. The van der Waals surface area contributed by atoms with Crippen LogP contribution in [0.25, 0.3) is 0 Å². The molecule has 0 unspecified atom stereocenters. The lowest BCUT2D eigenvalue weighted by Crippen LogP contribution is -2.36. The van der Waals surface area contributed by atoms with Crippen molar-refractivity contribution in [1.29, 1.82) is 0 Å². The SMILES string of the molecule is C=C[C@H](CCc1ccccc1)[C@@]1(O)C=CCCC1. The van der Waals surface area contributed by atoms with Gasteiger partial charge in [0.2, 0.25) is 0 Å². The van der Waals surface area contributed by atoms with Crippen LogP contribution in [0.1, 0.15) is 31.2 Å². The van der Waals surface area contributed by atoms with Crippen molar-refractivity contribution in [2.75, 3.05) is 0 Å². The van der Waals surface area contributed by atoms with Gasteiger partial charge in [-0.25, -0.2) is 0 Å². The molecule has 18 heavy (non-hydrogen) atoms. The highest BCUT2D eigenvalue weighted by Crippen LogP contribution is 2.33. The first-order chi connectivity index (χ1) is 8.74. The minimum Gasteiger partial charge on any atom is -0.385 e. The van der Waals surface area contributed by atoms with E-state index in [1.807, 2.05) is 18.2 Å². The number of aliphatic hydroxyl groups is 1. The van der Waals surface area contributed by atoms with Crippen LogP contribution in [0.5, 0.6) is 0 Å². The molecule has 0 spiro atoms. The van der Waals surface area contributed by atoms with E-state index >= 15 is 0 Å². The van der Waals surface area contributed by atoms with Gasteiger partial charge in [-0.2, -0.15) is 0 Å². The van der Waals surface area contributed by atoms with Crippen LogP contribution in [0.4, 0.5) is 0 Å². The van der Waals surface area contributed by atoms with Crippen LogP contribution in [0.2, 0.25) is 0 Å². The molecule has 0 saturated heterocycles. The fourth-order valence-corrected chi connectivity index (χ4v) is 2.72. The van der Waals surface area contributed by atoms with E-state index in [-0.39, 0.29) is 5.92 Å². The first-order valence-electron chi connectivity index (χ1n) is 6.81. The number of benzene rings is 1. The Morgan fingerprint density at radius 1 is 1.33 bits per heavy atom. The summed E-state index contributed by atoms with van der Waals surface area (Å²) in [7, 11) is 0. The quantitative estimate of drug-likeness (QED) is 0.777. The Bertz CT molecular complexity index is 407. The smallest absolute Gasteiger partial charge is 0.0890 e. The van der Waals surface area contributed by atoms with Gasteiger partial charge in [-0.15, -0.1) is 6.58 Å². The van der Waals surface area contributed by atoms with Gasteiger partial charge in [0, 0.05) is 5.92 Å². The zero-order chi connectivity index (χ0) is 12.8. The van der Waals surface area contributed by atoms with Crippen molar-refractivity contribution in [3.05, 3.63) is 60.7 Å². The van der Waals surface area contributed by atoms with Gasteiger partial charge in [-0.1, -0.05) is 48.6 Å². The second-order valence-electron chi connectivity index (χ2n) is 5.15. The van der Waals surface area contributed by atoms with Gasteiger partial charge in [-0.05, 0) is 37.7 Å². The largest absolute Gasteiger partial charge is 0.385 e. The summed E-state index contributed by atoms with van der Waals surface area (Å²) in [6.07, 6.45) is 11.0. The van der Waals surface area contributed by atoms with Gasteiger partial charge in [0.25, 0.3) is 0 Å². The molecule has 0 amide bonds. The predicted octanol–water partition coefficient (Wildman–Crippen LogP) is 3.89. The molecule has 0 aromatic heterocycles. The van der Waals surface area contributed by atoms with Crippen LogP contribution < -0.4 is 0 Å². The Morgan fingerprint density at radius 2 is 2.11 bits per heavy atom. The summed E-state index contributed by atoms with van der Waals surface area (Å²) in [5.41, 5.74) is 0.655. The first-order valence-corrected chi connectivity index (χ1v) is 6.81. The van der Waals surface area contributed by atoms with Gasteiger partial charge in [0.1, 0.15) is 0 Å². The Hall–Kier alpha value is -1.34. The van der Waals surface area contributed by atoms with E-state index in [2.05, 4.69) is 36.9 Å². The summed E-state index contributed by atoms with van der Waals surface area (Å²) in [5, 5.41) is 10.7. The molecule has 1 aliphatic rings. The molecule has 0 heterocycles. The van der Waals surface area contributed by atoms with Crippen molar-refractivity contribution in [3.63, 3.8) is 0 Å². The number of aryl methyl sites for hydroxylation is 1. The molecule has 0 radical (unpaired) electrons. The van der Waals surface area contributed by atoms with Gasteiger partial charge in [-0.3, -0.25) is 0 Å². The van der Waals surface area contributed by atoms with Crippen molar-refractivity contribution in [1.82, 2.24) is 0 Å². The third-order valence-corrected chi connectivity index (χ3v) is 3.87. The molecule has 0 bridgehead atoms. The molecule has 2 atom stereocenters. The molecule has 1 N–H and O–H groups in total. The zero-order valence-electron chi connectivity index (χ0n) is 10.9. The number of allylic oxidation sites excluding steroid dienone is 1. The Kier molecular flexibility index (Phi) is 4.38. The zero-order valence-corrected chi connectivity index (χ0v) is 10.9. The van der Waals surface area contributed by atoms with E-state index < -0.39 is 5.60 Å². The maximum absolute atomic E-state index is 10.7. The molecule has 1 aromatic rings. The molecule has 2 rings (SSSR count). The Morgan fingerprint density at radius 3 is 2.72 bits per heavy atom. The molecular formula is C17H22O. The average molecular weight is 242 g/mol. The molecule has 1 aliphatic carbocycles. The second kappa shape index (κ2) is 6.01. The number of rotatable bonds is 5. The van der Waals surface area contributed by atoms with Crippen LogP contribution in [0.15, 0.2) is 55.1 Å². The highest BCUT2D eigenvalue weighted by molar-refractivity contribution is 5.17. The maximum Gasteiger partial charge on any atom is 0.0890 e. The van der Waals surface area contributed by atoms with Crippen LogP contribution >= 0.6 is 0 Å². The molecule has 0 saturated carbocycles. The van der Waals surface area contributed by atoms with Gasteiger partial charge in [0.15, 0.2) is 0 Å². The fraction of sp³-hybridized carbons (Fsp3) is 0.412. The molecule has 1 nitrogen and oxygen atoms in total. The highest BCUT2D eigenvalue weighted by Gasteiger charge is 2.32. The van der Waals surface area contributed by atoms with E-state index in [1.165, 1.54) is 5.56 Å². The van der Waals surface area contributed by atoms with Gasteiger partial charge < -0.3 is 5.11 Å². The van der Waals surface area contributed by atoms with Gasteiger partial charge >= 0.3 is 0 Å². The van der Waals surface area contributed by atoms with Crippen molar-refractivity contribution in [2.45, 2.75) is 37.7 Å². The normalized spacial score (nSPS) is 24.7. The van der Waals surface area contributed by atoms with Gasteiger partial charge in [0.05, 0.1) is 5.60 Å². The van der Waals surface area contributed by atoms with Crippen LogP contribution in [-0.4, -0.2) is 10.7 Å². The summed E-state index contributed by atoms with van der Waals surface area (Å²) < 4.78 is 0. The van der Waals surface area contributed by atoms with E-state index in [9.17, 15) is 5.11 Å². The highest BCUT2D eigenvalue weighted by atomic mass is 16.3. The van der Waals surface area contributed by atoms with E-state index in [0.29, 0.717) is 0 Å². The summed E-state index contributed by atoms with van der Waals surface area (Å²) in [5.74, 6) is 0.147. The molecule has 0 fully saturated rings. The monoisotopic (exact) mass is 242 g/mol. The molecule has 0 aliphatic heterocycles. The molecule has 96 valence electrons. The van der Waals surface area contributed by atoms with Crippen LogP contribution in [0, 0.1) is 5.92 Å².